The molecule has 3 rings (SSSR count). The molecule has 0 saturated carbocycles. The number of rotatable bonds is 3. The molecule has 0 heterocycles. The van der Waals surface area contributed by atoms with Gasteiger partial charge in [0.05, 0.1) is 0 Å². The van der Waals surface area contributed by atoms with Crippen molar-refractivity contribution in [3.8, 4) is 0 Å². The minimum absolute atomic E-state index is 0.250. The number of hydrogen-bond donors (Lipinski definition) is 0. The third kappa shape index (κ3) is 6.51. The van der Waals surface area contributed by atoms with Crippen LogP contribution in [0.4, 0.5) is 0 Å². The molecular weight excluding hydrogens is 400 g/mol. The van der Waals surface area contributed by atoms with E-state index in [4.69, 9.17) is 5.73 Å². The van der Waals surface area contributed by atoms with E-state index >= 15 is 0 Å². The monoisotopic (exact) mass is 424 g/mol. The maximum absolute atomic E-state index is 6.94. The van der Waals surface area contributed by atoms with Gasteiger partial charge < -0.3 is 5.73 Å². The van der Waals surface area contributed by atoms with Gasteiger partial charge in [-0.25, -0.2) is 0 Å². The van der Waals surface area contributed by atoms with E-state index in [1.807, 2.05) is 20.8 Å². The first-order valence-corrected chi connectivity index (χ1v) is 12.0. The van der Waals surface area contributed by atoms with Crippen LogP contribution in [0, 0.1) is 0 Å². The normalized spacial score (nSPS) is 10.9. The fourth-order valence-electron chi connectivity index (χ4n) is 2.18. The molecule has 0 atom stereocenters. The van der Waals surface area contributed by atoms with Crippen molar-refractivity contribution >= 4 is 30.7 Å². The Labute approximate surface area is 153 Å². The van der Waals surface area contributed by atoms with E-state index in [-0.39, 0.29) is 5.54 Å². The Morgan fingerprint density at radius 3 is 0.958 bits per heavy atom. The van der Waals surface area contributed by atoms with Crippen molar-refractivity contribution in [2.75, 3.05) is 0 Å². The molecule has 1 radical (unpaired) electrons. The molecule has 0 bridgehead atoms. The molecule has 123 valence electrons. The van der Waals surface area contributed by atoms with Crippen molar-refractivity contribution in [1.29, 1.82) is 0 Å². The molecule has 24 heavy (non-hydrogen) atoms. The molecule has 0 aliphatic rings. The van der Waals surface area contributed by atoms with Crippen molar-refractivity contribution in [3.05, 3.63) is 96.7 Å². The summed E-state index contributed by atoms with van der Waals surface area (Å²) < 4.78 is 4.55. The third-order valence-corrected chi connectivity index (χ3v) is 10.0. The van der Waals surface area contributed by atoms with Gasteiger partial charge in [-0.05, 0) is 0 Å². The molecule has 0 aliphatic heterocycles. The van der Waals surface area contributed by atoms with Crippen LogP contribution in [0.2, 0.25) is 0 Å². The fourth-order valence-corrected chi connectivity index (χ4v) is 8.76. The Balaban J connectivity index is 0.000000368. The molecule has 1 N–H and O–H groups in total. The zero-order chi connectivity index (χ0) is 17.4. The van der Waals surface area contributed by atoms with E-state index in [0.717, 1.165) is 0 Å². The second-order valence-corrected chi connectivity index (χ2v) is 12.9. The van der Waals surface area contributed by atoms with Crippen LogP contribution in [-0.2, 0) is 0 Å². The van der Waals surface area contributed by atoms with Crippen LogP contribution in [0.3, 0.4) is 0 Å². The first-order chi connectivity index (χ1) is 11.4. The van der Waals surface area contributed by atoms with E-state index in [1.165, 1.54) is 10.5 Å². The van der Waals surface area contributed by atoms with Crippen molar-refractivity contribution in [1.82, 2.24) is 0 Å². The first-order valence-electron chi connectivity index (χ1n) is 8.15. The van der Waals surface area contributed by atoms with Gasteiger partial charge in [0.25, 0.3) is 0 Å². The van der Waals surface area contributed by atoms with E-state index < -0.39 is 20.2 Å². The Morgan fingerprint density at radius 1 is 0.542 bits per heavy atom. The summed E-state index contributed by atoms with van der Waals surface area (Å²) in [5.74, 6) is 0. The molecule has 0 spiro atoms. The fraction of sp³-hybridized carbons (Fsp3) is 0.182. The van der Waals surface area contributed by atoms with Crippen molar-refractivity contribution in [2.24, 2.45) is 0 Å². The van der Waals surface area contributed by atoms with E-state index in [1.54, 1.807) is 0 Å². The number of hydrogen-bond acceptors (Lipinski definition) is 0. The molecule has 0 fully saturated rings. The topological polar surface area (TPSA) is 23.8 Å². The average Bonchev–Trinajstić information content (AvgIpc) is 2.57. The molecule has 0 saturated heterocycles. The Hall–Kier alpha value is -1.56. The van der Waals surface area contributed by atoms with E-state index in [0.29, 0.717) is 0 Å². The molecule has 0 aliphatic carbocycles. The zero-order valence-electron chi connectivity index (χ0n) is 14.6. The summed E-state index contributed by atoms with van der Waals surface area (Å²) in [4.78, 5) is 0. The van der Waals surface area contributed by atoms with Gasteiger partial charge in [0, 0.05) is 0 Å². The maximum atomic E-state index is 6.94. The number of benzene rings is 3. The summed E-state index contributed by atoms with van der Waals surface area (Å²) in [6.07, 6.45) is 0. The summed E-state index contributed by atoms with van der Waals surface area (Å²) in [5, 5.41) is 0. The summed E-state index contributed by atoms with van der Waals surface area (Å²) in [5.41, 5.74) is 6.69. The van der Waals surface area contributed by atoms with Crippen LogP contribution in [0.5, 0.6) is 0 Å². The van der Waals surface area contributed by atoms with Crippen molar-refractivity contribution in [3.63, 3.8) is 0 Å². The van der Waals surface area contributed by atoms with Crippen LogP contribution < -0.4 is 10.5 Å². The van der Waals surface area contributed by atoms with Gasteiger partial charge in [-0.1, -0.05) is 20.8 Å². The SMILES string of the molecule is CC(C)(C)[NH-].c1cc[c]([Sb+]([c]2ccccc2)[c]2ccccc2)cc1. The van der Waals surface area contributed by atoms with Crippen molar-refractivity contribution in [2.45, 2.75) is 26.3 Å². The van der Waals surface area contributed by atoms with Crippen molar-refractivity contribution < 1.29 is 0 Å². The minimum atomic E-state index is -1.83. The molecule has 0 aromatic heterocycles. The van der Waals surface area contributed by atoms with Gasteiger partial charge in [-0.2, -0.15) is 0 Å². The Bertz CT molecular complexity index is 603. The predicted molar refractivity (Wildman–Crippen MR) is 108 cm³/mol. The van der Waals surface area contributed by atoms with Gasteiger partial charge in [-0.3, -0.25) is 0 Å². The van der Waals surface area contributed by atoms with E-state index in [2.05, 4.69) is 91.0 Å². The van der Waals surface area contributed by atoms with Gasteiger partial charge in [0.1, 0.15) is 0 Å². The van der Waals surface area contributed by atoms with Gasteiger partial charge in [-0.15, -0.1) is 5.54 Å². The summed E-state index contributed by atoms with van der Waals surface area (Å²) >= 11 is -1.83. The average molecular weight is 425 g/mol. The molecule has 2 heteroatoms. The van der Waals surface area contributed by atoms with Gasteiger partial charge in [0.15, 0.2) is 0 Å². The summed E-state index contributed by atoms with van der Waals surface area (Å²) in [6, 6.07) is 32.9. The third-order valence-electron chi connectivity index (χ3n) is 3.04. The molecule has 0 amide bonds. The summed E-state index contributed by atoms with van der Waals surface area (Å²) in [6.45, 7) is 5.56. The molecule has 0 unspecified atom stereocenters. The second kappa shape index (κ2) is 9.06. The molecule has 3 aromatic rings. The standard InChI is InChI=1S/3C6H5.C4H10N.Sb/c3*1-2-4-6-5-3-1;1-4(2,3)5;/h3*1-5H;5H,1-3H3;/q;;;-1;+1. The van der Waals surface area contributed by atoms with Crippen LogP contribution in [-0.4, -0.2) is 25.7 Å². The molecular formula is C22H25NSb. The van der Waals surface area contributed by atoms with E-state index in [9.17, 15) is 0 Å². The predicted octanol–water partition coefficient (Wildman–Crippen LogP) is 4.04. The molecule has 1 nitrogen and oxygen atoms in total. The zero-order valence-corrected chi connectivity index (χ0v) is 17.2. The van der Waals surface area contributed by atoms with Gasteiger partial charge >= 0.3 is 122 Å². The quantitative estimate of drug-likeness (QED) is 0.566. The van der Waals surface area contributed by atoms with Gasteiger partial charge in [0.2, 0.25) is 0 Å². The van der Waals surface area contributed by atoms with Crippen LogP contribution >= 0.6 is 0 Å². The van der Waals surface area contributed by atoms with Crippen LogP contribution in [0.1, 0.15) is 20.8 Å². The molecule has 3 aromatic carbocycles. The Morgan fingerprint density at radius 2 is 0.750 bits per heavy atom. The summed E-state index contributed by atoms with van der Waals surface area (Å²) in [7, 11) is 0. The van der Waals surface area contributed by atoms with Crippen LogP contribution in [0.15, 0.2) is 91.0 Å². The second-order valence-electron chi connectivity index (χ2n) is 6.59. The van der Waals surface area contributed by atoms with Crippen LogP contribution in [0.25, 0.3) is 5.73 Å². The number of nitrogens with one attached hydrogen (secondary N) is 1. The Kier molecular flexibility index (Phi) is 7.09. The first kappa shape index (κ1) is 18.8.